The number of hydrogen-bond donors (Lipinski definition) is 3. The third kappa shape index (κ3) is 3.50. The van der Waals surface area contributed by atoms with Crippen LogP contribution in [0.2, 0.25) is 0 Å². The lowest BCUT2D eigenvalue weighted by Gasteiger charge is -2.30. The molecular formula is C22H24N4O3S. The summed E-state index contributed by atoms with van der Waals surface area (Å²) in [6.45, 7) is 0.242. The lowest BCUT2D eigenvalue weighted by atomic mass is 9.85. The molecule has 2 bridgehead atoms. The molecule has 0 aliphatic heterocycles. The molecule has 7 nitrogen and oxygen atoms in total. The second-order valence-corrected chi connectivity index (χ2v) is 9.09. The highest BCUT2D eigenvalue weighted by Gasteiger charge is 2.47. The second-order valence-electron chi connectivity index (χ2n) is 8.06. The number of aromatic nitrogens is 2. The molecule has 2 heterocycles. The molecule has 0 unspecified atom stereocenters. The number of anilines is 1. The summed E-state index contributed by atoms with van der Waals surface area (Å²) in [6.07, 6.45) is 5.26. The number of thiazole rings is 1. The zero-order valence-electron chi connectivity index (χ0n) is 16.7. The largest absolute Gasteiger partial charge is 0.457 e. The van der Waals surface area contributed by atoms with Crippen molar-refractivity contribution in [1.82, 2.24) is 15.3 Å². The van der Waals surface area contributed by atoms with Crippen molar-refractivity contribution in [3.63, 3.8) is 0 Å². The maximum atomic E-state index is 11.8. The van der Waals surface area contributed by atoms with Crippen LogP contribution >= 0.6 is 11.3 Å². The number of carbonyl (C=O) groups is 1. The molecule has 0 radical (unpaired) electrons. The summed E-state index contributed by atoms with van der Waals surface area (Å²) in [6, 6.07) is 9.43. The topological polar surface area (TPSA) is 96.4 Å². The lowest BCUT2D eigenvalue weighted by molar-refractivity contribution is 0.0958. The first-order valence-electron chi connectivity index (χ1n) is 10.3. The van der Waals surface area contributed by atoms with Crippen LogP contribution in [0.25, 0.3) is 10.2 Å². The molecular weight excluding hydrogens is 400 g/mol. The van der Waals surface area contributed by atoms with Crippen molar-refractivity contribution < 1.29 is 14.6 Å². The van der Waals surface area contributed by atoms with E-state index < -0.39 is 0 Å². The first-order chi connectivity index (χ1) is 14.6. The van der Waals surface area contributed by atoms with E-state index in [4.69, 9.17) is 9.72 Å². The number of carbonyl (C=O) groups excluding carboxylic acids is 1. The average Bonchev–Trinajstić information content (AvgIpc) is 3.47. The monoisotopic (exact) mass is 424 g/mol. The van der Waals surface area contributed by atoms with E-state index in [2.05, 4.69) is 15.6 Å². The number of nitrogens with zero attached hydrogens (tertiary/aromatic N) is 2. The van der Waals surface area contributed by atoms with E-state index in [0.29, 0.717) is 41.0 Å². The second kappa shape index (κ2) is 7.85. The molecule has 30 heavy (non-hydrogen) atoms. The Bertz CT molecular complexity index is 1090. The van der Waals surface area contributed by atoms with Crippen LogP contribution in [0.5, 0.6) is 11.5 Å². The van der Waals surface area contributed by atoms with Crippen molar-refractivity contribution in [2.24, 2.45) is 17.8 Å². The molecule has 156 valence electrons. The van der Waals surface area contributed by atoms with Gasteiger partial charge in [0.05, 0.1) is 10.2 Å². The van der Waals surface area contributed by atoms with Crippen molar-refractivity contribution in [2.75, 3.05) is 19.0 Å². The quantitative estimate of drug-likeness (QED) is 0.559. The third-order valence-corrected chi connectivity index (χ3v) is 7.33. The molecule has 2 aromatic heterocycles. The van der Waals surface area contributed by atoms with Gasteiger partial charge < -0.3 is 20.5 Å². The Morgan fingerprint density at radius 1 is 1.23 bits per heavy atom. The van der Waals surface area contributed by atoms with Gasteiger partial charge in [0.25, 0.3) is 5.91 Å². The van der Waals surface area contributed by atoms with Crippen LogP contribution in [0, 0.1) is 17.8 Å². The fourth-order valence-electron chi connectivity index (χ4n) is 4.93. The summed E-state index contributed by atoms with van der Waals surface area (Å²) in [4.78, 5) is 20.6. The van der Waals surface area contributed by atoms with Gasteiger partial charge in [0.2, 0.25) is 0 Å². The maximum Gasteiger partial charge on any atom is 0.269 e. The van der Waals surface area contributed by atoms with E-state index in [1.165, 1.54) is 19.3 Å². The molecule has 1 aromatic carbocycles. The Hall–Kier alpha value is -2.71. The minimum atomic E-state index is -0.254. The van der Waals surface area contributed by atoms with Crippen molar-refractivity contribution in [3.05, 3.63) is 42.2 Å². The number of rotatable bonds is 6. The predicted molar refractivity (Wildman–Crippen MR) is 116 cm³/mol. The maximum absolute atomic E-state index is 11.8. The summed E-state index contributed by atoms with van der Waals surface area (Å²) in [5.74, 6) is 2.59. The minimum Gasteiger partial charge on any atom is -0.457 e. The Labute approximate surface area is 178 Å². The van der Waals surface area contributed by atoms with Gasteiger partial charge >= 0.3 is 0 Å². The molecule has 8 heteroatoms. The molecule has 4 atom stereocenters. The van der Waals surface area contributed by atoms with Crippen LogP contribution in [0.4, 0.5) is 5.13 Å². The Kier molecular flexibility index (Phi) is 5.04. The van der Waals surface area contributed by atoms with Crippen LogP contribution < -0.4 is 15.4 Å². The van der Waals surface area contributed by atoms with Crippen molar-refractivity contribution >= 4 is 32.6 Å². The van der Waals surface area contributed by atoms with E-state index in [1.54, 1.807) is 36.7 Å². The van der Waals surface area contributed by atoms with E-state index in [1.807, 2.05) is 18.2 Å². The predicted octanol–water partition coefficient (Wildman–Crippen LogP) is 3.66. The van der Waals surface area contributed by atoms with Crippen LogP contribution in [0.15, 0.2) is 36.5 Å². The molecule has 1 amide bonds. The Morgan fingerprint density at radius 2 is 2.07 bits per heavy atom. The van der Waals surface area contributed by atoms with Gasteiger partial charge in [0.15, 0.2) is 5.13 Å². The van der Waals surface area contributed by atoms with Crippen molar-refractivity contribution in [2.45, 2.75) is 25.3 Å². The molecule has 0 saturated heterocycles. The number of ether oxygens (including phenoxy) is 1. The number of amides is 1. The van der Waals surface area contributed by atoms with E-state index in [0.717, 1.165) is 15.3 Å². The number of aliphatic hydroxyl groups is 1. The summed E-state index contributed by atoms with van der Waals surface area (Å²) < 4.78 is 6.97. The zero-order chi connectivity index (χ0) is 20.7. The molecule has 2 aliphatic carbocycles. The SMILES string of the molecule is CNC(=O)c1cc(Oc2ccc3nc(N[C@H]4[C@H]5CC[C@H](C5)[C@H]4CO)sc3c2)ccn1. The van der Waals surface area contributed by atoms with E-state index in [9.17, 15) is 9.90 Å². The third-order valence-electron chi connectivity index (χ3n) is 6.38. The number of aliphatic hydroxyl groups excluding tert-OH is 1. The van der Waals surface area contributed by atoms with Gasteiger partial charge in [-0.15, -0.1) is 0 Å². The number of pyridine rings is 1. The summed E-state index contributed by atoms with van der Waals surface area (Å²) >= 11 is 1.60. The van der Waals surface area contributed by atoms with Crippen molar-refractivity contribution in [1.29, 1.82) is 0 Å². The first-order valence-corrected chi connectivity index (χ1v) is 11.1. The van der Waals surface area contributed by atoms with Gasteiger partial charge in [-0.2, -0.15) is 0 Å². The van der Waals surface area contributed by atoms with Gasteiger partial charge in [0.1, 0.15) is 17.2 Å². The van der Waals surface area contributed by atoms with Gasteiger partial charge in [-0.3, -0.25) is 9.78 Å². The fourth-order valence-corrected chi connectivity index (χ4v) is 5.87. The van der Waals surface area contributed by atoms with Crippen LogP contribution in [0.1, 0.15) is 29.8 Å². The Balaban J connectivity index is 1.34. The molecule has 3 aromatic rings. The summed E-state index contributed by atoms with van der Waals surface area (Å²) in [5.41, 5.74) is 1.23. The zero-order valence-corrected chi connectivity index (χ0v) is 17.5. The standard InChI is InChI=1S/C22H24N4O3S/c1-23-21(28)18-9-15(6-7-24-18)29-14-4-5-17-19(10-14)30-22(25-17)26-20-13-3-2-12(8-13)16(20)11-27/h4-7,9-10,12-13,16,20,27H,2-3,8,11H2,1H3,(H,23,28)(H,25,26)/t12-,13+,16-,20+/m1/s1. The normalized spacial score (nSPS) is 24.9. The highest BCUT2D eigenvalue weighted by molar-refractivity contribution is 7.22. The molecule has 2 saturated carbocycles. The average molecular weight is 425 g/mol. The fraction of sp³-hybridized carbons (Fsp3) is 0.409. The molecule has 0 spiro atoms. The van der Waals surface area contributed by atoms with E-state index >= 15 is 0 Å². The van der Waals surface area contributed by atoms with Crippen LogP contribution in [-0.4, -0.2) is 40.7 Å². The smallest absolute Gasteiger partial charge is 0.269 e. The molecule has 2 aliphatic rings. The lowest BCUT2D eigenvalue weighted by Crippen LogP contribution is -2.36. The van der Waals surface area contributed by atoms with Crippen LogP contribution in [0.3, 0.4) is 0 Å². The van der Waals surface area contributed by atoms with E-state index in [-0.39, 0.29) is 12.5 Å². The summed E-state index contributed by atoms with van der Waals surface area (Å²) in [5, 5.41) is 16.9. The van der Waals surface area contributed by atoms with Gasteiger partial charge in [-0.1, -0.05) is 11.3 Å². The minimum absolute atomic E-state index is 0.242. The van der Waals surface area contributed by atoms with Crippen molar-refractivity contribution in [3.8, 4) is 11.5 Å². The van der Waals surface area contributed by atoms with Crippen LogP contribution in [-0.2, 0) is 0 Å². The highest BCUT2D eigenvalue weighted by Crippen LogP contribution is 2.49. The number of benzene rings is 1. The Morgan fingerprint density at radius 3 is 2.90 bits per heavy atom. The number of hydrogen-bond acceptors (Lipinski definition) is 7. The number of fused-ring (bicyclic) bond motifs is 3. The molecule has 3 N–H and O–H groups in total. The molecule has 5 rings (SSSR count). The van der Waals surface area contributed by atoms with Gasteiger partial charge in [0, 0.05) is 43.9 Å². The first kappa shape index (κ1) is 19.3. The molecule has 2 fully saturated rings. The van der Waals surface area contributed by atoms with Gasteiger partial charge in [-0.05, 0) is 49.3 Å². The summed E-state index contributed by atoms with van der Waals surface area (Å²) in [7, 11) is 1.57. The van der Waals surface area contributed by atoms with Gasteiger partial charge in [-0.25, -0.2) is 4.98 Å². The number of nitrogens with one attached hydrogen (secondary N) is 2. The highest BCUT2D eigenvalue weighted by atomic mass is 32.1.